The van der Waals surface area contributed by atoms with Crippen molar-refractivity contribution in [2.45, 2.75) is 49.0 Å². The summed E-state index contributed by atoms with van der Waals surface area (Å²) in [6.07, 6.45) is 5.05. The van der Waals surface area contributed by atoms with E-state index in [4.69, 9.17) is 16.3 Å². The lowest BCUT2D eigenvalue weighted by atomic mass is 9.99. The van der Waals surface area contributed by atoms with Crippen molar-refractivity contribution in [1.82, 2.24) is 19.6 Å². The van der Waals surface area contributed by atoms with Crippen LogP contribution >= 0.6 is 11.6 Å². The van der Waals surface area contributed by atoms with Crippen LogP contribution in [0.3, 0.4) is 0 Å². The minimum atomic E-state index is -3.66. The molecule has 2 fully saturated rings. The molecular formula is C23H25ClN4O5S. The number of rotatable bonds is 8. The Morgan fingerprint density at radius 1 is 1.15 bits per heavy atom. The second kappa shape index (κ2) is 8.13. The van der Waals surface area contributed by atoms with Gasteiger partial charge in [-0.25, -0.2) is 17.8 Å². The van der Waals surface area contributed by atoms with Crippen molar-refractivity contribution >= 4 is 27.2 Å². The fourth-order valence-electron chi connectivity index (χ4n) is 4.12. The fourth-order valence-corrected chi connectivity index (χ4v) is 5.41. The summed E-state index contributed by atoms with van der Waals surface area (Å²) in [5.41, 5.74) is 1.85. The molecule has 34 heavy (non-hydrogen) atoms. The van der Waals surface area contributed by atoms with Gasteiger partial charge in [-0.05, 0) is 37.8 Å². The number of aromatic hydroxyl groups is 1. The normalized spacial score (nSPS) is 16.1. The van der Waals surface area contributed by atoms with Gasteiger partial charge >= 0.3 is 0 Å². The Kier molecular flexibility index (Phi) is 5.48. The van der Waals surface area contributed by atoms with Crippen LogP contribution in [0.15, 0.2) is 23.1 Å². The van der Waals surface area contributed by atoms with Crippen LogP contribution < -0.4 is 4.74 Å². The van der Waals surface area contributed by atoms with Gasteiger partial charge in [0.15, 0.2) is 9.84 Å². The first-order valence-corrected chi connectivity index (χ1v) is 13.3. The summed E-state index contributed by atoms with van der Waals surface area (Å²) < 4.78 is 33.7. The molecule has 2 aliphatic carbocycles. The Hall–Kier alpha value is -2.85. The summed E-state index contributed by atoms with van der Waals surface area (Å²) in [4.78, 5) is 13.5. The van der Waals surface area contributed by atoms with Crippen molar-refractivity contribution in [3.63, 3.8) is 0 Å². The zero-order valence-electron chi connectivity index (χ0n) is 19.1. The highest BCUT2D eigenvalue weighted by molar-refractivity contribution is 7.90. The highest BCUT2D eigenvalue weighted by Crippen LogP contribution is 2.44. The maximum Gasteiger partial charge on any atom is 0.220 e. The molecule has 2 aliphatic rings. The maximum absolute atomic E-state index is 13.5. The molecule has 5 rings (SSSR count). The van der Waals surface area contributed by atoms with Crippen LogP contribution in [0.1, 0.15) is 70.4 Å². The van der Waals surface area contributed by atoms with E-state index in [1.807, 2.05) is 6.07 Å². The molecule has 0 spiro atoms. The molecule has 0 bridgehead atoms. The molecule has 1 aromatic carbocycles. The lowest BCUT2D eigenvalue weighted by molar-refractivity contribution is 0.103. The summed E-state index contributed by atoms with van der Waals surface area (Å²) in [5.74, 6) is 0.293. The van der Waals surface area contributed by atoms with Crippen molar-refractivity contribution in [1.29, 1.82) is 0 Å². The van der Waals surface area contributed by atoms with Crippen LogP contribution in [-0.4, -0.2) is 45.1 Å². The topological polar surface area (TPSA) is 116 Å². The molecule has 0 radical (unpaired) electrons. The molecule has 2 aromatic heterocycles. The summed E-state index contributed by atoms with van der Waals surface area (Å²) in [6, 6.07) is 4.58. The number of sulfone groups is 1. The predicted octanol–water partition coefficient (Wildman–Crippen LogP) is 3.48. The summed E-state index contributed by atoms with van der Waals surface area (Å²) in [5, 5.41) is 19.3. The van der Waals surface area contributed by atoms with Gasteiger partial charge in [0.25, 0.3) is 0 Å². The van der Waals surface area contributed by atoms with Gasteiger partial charge in [-0.3, -0.25) is 4.79 Å². The number of aromatic nitrogens is 4. The first-order valence-electron chi connectivity index (χ1n) is 11.0. The number of hydrogen-bond donors (Lipinski definition) is 1. The van der Waals surface area contributed by atoms with Crippen LogP contribution in [0.25, 0.3) is 0 Å². The zero-order chi connectivity index (χ0) is 24.4. The van der Waals surface area contributed by atoms with Gasteiger partial charge < -0.3 is 9.84 Å². The van der Waals surface area contributed by atoms with Crippen molar-refractivity contribution in [2.75, 3.05) is 6.26 Å². The van der Waals surface area contributed by atoms with Gasteiger partial charge in [0, 0.05) is 49.4 Å². The van der Waals surface area contributed by atoms with Crippen LogP contribution in [0.2, 0.25) is 5.02 Å². The average molecular weight is 505 g/mol. The maximum atomic E-state index is 13.5. The first-order chi connectivity index (χ1) is 16.1. The lowest BCUT2D eigenvalue weighted by Gasteiger charge is -2.15. The monoisotopic (exact) mass is 504 g/mol. The van der Waals surface area contributed by atoms with Gasteiger partial charge in [-0.1, -0.05) is 11.6 Å². The van der Waals surface area contributed by atoms with E-state index >= 15 is 0 Å². The van der Waals surface area contributed by atoms with E-state index in [1.54, 1.807) is 18.8 Å². The molecule has 11 heteroatoms. The minimum absolute atomic E-state index is 0.0172. The largest absolute Gasteiger partial charge is 0.493 e. The number of ketones is 1. The Morgan fingerprint density at radius 3 is 2.44 bits per heavy atom. The van der Waals surface area contributed by atoms with Gasteiger partial charge in [-0.15, -0.1) is 0 Å². The van der Waals surface area contributed by atoms with Crippen LogP contribution in [-0.2, 0) is 30.5 Å². The van der Waals surface area contributed by atoms with Crippen molar-refractivity contribution in [2.24, 2.45) is 14.1 Å². The number of benzene rings is 1. The Bertz CT molecular complexity index is 1420. The number of ether oxygens (including phenoxy) is 1. The molecule has 1 N–H and O–H groups in total. The Balaban J connectivity index is 1.53. The molecule has 0 amide bonds. The molecule has 0 unspecified atom stereocenters. The number of hydrogen-bond acceptors (Lipinski definition) is 7. The number of carbonyl (C=O) groups excluding carboxylic acids is 1. The number of carbonyl (C=O) groups is 1. The van der Waals surface area contributed by atoms with E-state index in [1.165, 1.54) is 16.8 Å². The van der Waals surface area contributed by atoms with Gasteiger partial charge in [0.1, 0.15) is 12.2 Å². The molecule has 0 aliphatic heterocycles. The molecule has 3 aromatic rings. The SMILES string of the molecule is Cn1nc(C2CC2)cc1OCc1c(S(C)(=O)=O)ccc(C(=O)c2c(C3CC3)nn(C)c2O)c1Cl. The highest BCUT2D eigenvalue weighted by atomic mass is 35.5. The van der Waals surface area contributed by atoms with E-state index in [0.717, 1.165) is 37.6 Å². The van der Waals surface area contributed by atoms with Gasteiger partial charge in [-0.2, -0.15) is 10.2 Å². The summed E-state index contributed by atoms with van der Waals surface area (Å²) in [6.45, 7) is -0.166. The Labute approximate surface area is 202 Å². The van der Waals surface area contributed by atoms with Gasteiger partial charge in [0.2, 0.25) is 17.5 Å². The third-order valence-electron chi connectivity index (χ3n) is 6.30. The molecule has 0 atom stereocenters. The number of aryl methyl sites for hydroxylation is 2. The second-order valence-corrected chi connectivity index (χ2v) is 11.4. The first kappa shape index (κ1) is 22.9. The van der Waals surface area contributed by atoms with E-state index < -0.39 is 15.6 Å². The van der Waals surface area contributed by atoms with Crippen LogP contribution in [0, 0.1) is 0 Å². The molecule has 2 heterocycles. The molecule has 9 nitrogen and oxygen atoms in total. The molecule has 2 saturated carbocycles. The lowest BCUT2D eigenvalue weighted by Crippen LogP contribution is -2.12. The number of halogens is 1. The molecular weight excluding hydrogens is 480 g/mol. The predicted molar refractivity (Wildman–Crippen MR) is 124 cm³/mol. The second-order valence-electron chi connectivity index (χ2n) is 9.08. The van der Waals surface area contributed by atoms with Crippen molar-refractivity contribution in [3.05, 3.63) is 51.3 Å². The third kappa shape index (κ3) is 4.09. The Morgan fingerprint density at radius 2 is 1.82 bits per heavy atom. The van der Waals surface area contributed by atoms with Crippen molar-refractivity contribution < 1.29 is 23.1 Å². The van der Waals surface area contributed by atoms with Crippen LogP contribution in [0.4, 0.5) is 0 Å². The van der Waals surface area contributed by atoms with E-state index in [0.29, 0.717) is 17.5 Å². The molecule has 0 saturated heterocycles. The quantitative estimate of drug-likeness (QED) is 0.467. The smallest absolute Gasteiger partial charge is 0.220 e. The van der Waals surface area contributed by atoms with E-state index in [9.17, 15) is 18.3 Å². The fraction of sp³-hybridized carbons (Fsp3) is 0.435. The van der Waals surface area contributed by atoms with Gasteiger partial charge in [0.05, 0.1) is 21.3 Å². The number of nitrogens with zero attached hydrogens (tertiary/aromatic N) is 4. The van der Waals surface area contributed by atoms with E-state index in [2.05, 4.69) is 10.2 Å². The highest BCUT2D eigenvalue weighted by Gasteiger charge is 2.36. The minimum Gasteiger partial charge on any atom is -0.493 e. The zero-order valence-corrected chi connectivity index (χ0v) is 20.6. The standard InChI is InChI=1S/C23H25ClN4O5S/c1-27-18(10-16(25-27)12-4-5-12)33-11-15-17(34(3,31)32)9-8-14(20(15)24)22(29)19-21(13-6-7-13)26-28(2)23(19)30/h8-10,12-13,30H,4-7,11H2,1-3H3. The summed E-state index contributed by atoms with van der Waals surface area (Å²) in [7, 11) is -0.336. The summed E-state index contributed by atoms with van der Waals surface area (Å²) >= 11 is 6.65. The third-order valence-corrected chi connectivity index (χ3v) is 7.91. The van der Waals surface area contributed by atoms with Crippen molar-refractivity contribution in [3.8, 4) is 11.8 Å². The van der Waals surface area contributed by atoms with Crippen LogP contribution in [0.5, 0.6) is 11.8 Å². The molecule has 180 valence electrons. The van der Waals surface area contributed by atoms with E-state index in [-0.39, 0.29) is 45.0 Å². The average Bonchev–Trinajstić information content (AvgIpc) is 3.69.